The first-order chi connectivity index (χ1) is 16.5. The van der Waals surface area contributed by atoms with Gasteiger partial charge in [-0.25, -0.2) is 14.6 Å². The maximum Gasteiger partial charge on any atom is 0.331 e. The lowest BCUT2D eigenvalue weighted by molar-refractivity contribution is -0.169. The van der Waals surface area contributed by atoms with Gasteiger partial charge in [0.1, 0.15) is 0 Å². The topological polar surface area (TPSA) is 103 Å². The van der Waals surface area contributed by atoms with Gasteiger partial charge in [-0.05, 0) is 25.8 Å². The number of carbonyl (C=O) groups is 3. The third-order valence-corrected chi connectivity index (χ3v) is 7.38. The van der Waals surface area contributed by atoms with Gasteiger partial charge in [0, 0.05) is 41.2 Å². The number of aromatic nitrogens is 3. The van der Waals surface area contributed by atoms with E-state index in [0.717, 1.165) is 60.1 Å². The SMILES string of the molecule is Cc1[nH]cnc1CC1C(=O)c2c(n(C3CCCC3)c3ccccc23)C2OC(=O)/C=C\C(=O)OC12. The second kappa shape index (κ2) is 7.97. The number of fused-ring (bicyclic) bond motifs is 5. The number of esters is 2. The van der Waals surface area contributed by atoms with E-state index in [-0.39, 0.29) is 18.2 Å². The van der Waals surface area contributed by atoms with Crippen molar-refractivity contribution in [3.8, 4) is 0 Å². The number of hydrogen-bond acceptors (Lipinski definition) is 6. The zero-order chi connectivity index (χ0) is 23.4. The van der Waals surface area contributed by atoms with Crippen LogP contribution in [0.2, 0.25) is 0 Å². The Morgan fingerprint density at radius 2 is 1.79 bits per heavy atom. The van der Waals surface area contributed by atoms with Crippen molar-refractivity contribution in [2.24, 2.45) is 5.92 Å². The Balaban J connectivity index is 1.60. The van der Waals surface area contributed by atoms with Crippen molar-refractivity contribution >= 4 is 28.6 Å². The number of ketones is 1. The summed E-state index contributed by atoms with van der Waals surface area (Å²) in [6.45, 7) is 1.89. The smallest absolute Gasteiger partial charge is 0.331 e. The molecule has 1 aliphatic heterocycles. The normalized spacial score (nSPS) is 25.9. The third kappa shape index (κ3) is 3.20. The largest absolute Gasteiger partial charge is 0.454 e. The summed E-state index contributed by atoms with van der Waals surface area (Å²) in [5.41, 5.74) is 3.73. The summed E-state index contributed by atoms with van der Waals surface area (Å²) in [4.78, 5) is 46.7. The molecule has 3 heterocycles. The lowest BCUT2D eigenvalue weighted by Gasteiger charge is -2.38. The maximum atomic E-state index is 14.1. The number of nitrogens with one attached hydrogen (secondary N) is 1. The van der Waals surface area contributed by atoms with E-state index in [9.17, 15) is 14.4 Å². The molecule has 0 bridgehead atoms. The van der Waals surface area contributed by atoms with Crippen molar-refractivity contribution in [1.82, 2.24) is 14.5 Å². The van der Waals surface area contributed by atoms with Crippen LogP contribution in [0.15, 0.2) is 42.7 Å². The molecule has 0 saturated heterocycles. The summed E-state index contributed by atoms with van der Waals surface area (Å²) in [6, 6.07) is 8.03. The third-order valence-electron chi connectivity index (χ3n) is 7.38. The number of para-hydroxylation sites is 1. The molecule has 3 unspecified atom stereocenters. The van der Waals surface area contributed by atoms with Crippen molar-refractivity contribution in [3.05, 3.63) is 65.4 Å². The molecule has 6 rings (SSSR count). The zero-order valence-corrected chi connectivity index (χ0v) is 18.8. The average molecular weight is 460 g/mol. The maximum absolute atomic E-state index is 14.1. The van der Waals surface area contributed by atoms with Gasteiger partial charge in [-0.1, -0.05) is 31.0 Å². The number of benzene rings is 1. The first-order valence-corrected chi connectivity index (χ1v) is 11.8. The summed E-state index contributed by atoms with van der Waals surface area (Å²) >= 11 is 0. The van der Waals surface area contributed by atoms with E-state index >= 15 is 0 Å². The Kier molecular flexibility index (Phi) is 4.90. The van der Waals surface area contributed by atoms with Crippen LogP contribution in [0.3, 0.4) is 0 Å². The highest BCUT2D eigenvalue weighted by atomic mass is 16.6. The van der Waals surface area contributed by atoms with E-state index in [1.54, 1.807) is 6.33 Å². The van der Waals surface area contributed by atoms with Crippen LogP contribution in [0.5, 0.6) is 0 Å². The van der Waals surface area contributed by atoms with Gasteiger partial charge in [0.05, 0.1) is 29.2 Å². The van der Waals surface area contributed by atoms with Crippen LogP contribution in [0, 0.1) is 12.8 Å². The lowest BCUT2D eigenvalue weighted by Crippen LogP contribution is -2.45. The van der Waals surface area contributed by atoms with E-state index in [2.05, 4.69) is 14.5 Å². The van der Waals surface area contributed by atoms with Crippen molar-refractivity contribution in [1.29, 1.82) is 0 Å². The van der Waals surface area contributed by atoms with Crippen LogP contribution in [-0.4, -0.2) is 38.4 Å². The molecule has 1 saturated carbocycles. The first-order valence-electron chi connectivity index (χ1n) is 11.8. The summed E-state index contributed by atoms with van der Waals surface area (Å²) in [6.07, 6.45) is 6.35. The molecule has 3 aromatic rings. The van der Waals surface area contributed by atoms with Gasteiger partial charge < -0.3 is 19.0 Å². The predicted octanol–water partition coefficient (Wildman–Crippen LogP) is 3.91. The molecule has 3 aliphatic rings. The fourth-order valence-electron chi connectivity index (χ4n) is 5.83. The van der Waals surface area contributed by atoms with E-state index in [4.69, 9.17) is 9.47 Å². The highest BCUT2D eigenvalue weighted by molar-refractivity contribution is 6.12. The minimum absolute atomic E-state index is 0.111. The zero-order valence-electron chi connectivity index (χ0n) is 18.8. The van der Waals surface area contributed by atoms with Crippen LogP contribution < -0.4 is 0 Å². The fourth-order valence-corrected chi connectivity index (χ4v) is 5.83. The number of aryl methyl sites for hydroxylation is 1. The monoisotopic (exact) mass is 459 g/mol. The molecule has 0 amide bonds. The standard InChI is InChI=1S/C26H25N3O5/c1-14-18(28-13-27-14)12-17-24(32)22-16-8-4-5-9-19(16)29(15-6-2-3-7-15)23(22)26-25(17)33-20(30)10-11-21(31)34-26/h4-5,8-11,13,15,17,25-26H,2-3,6-7,12H2,1H3,(H,27,28)/b11-10-. The molecule has 3 atom stereocenters. The highest BCUT2D eigenvalue weighted by Crippen LogP contribution is 2.47. The Bertz CT molecular complexity index is 1340. The molecular formula is C26H25N3O5. The highest BCUT2D eigenvalue weighted by Gasteiger charge is 2.50. The number of imidazole rings is 1. The Morgan fingerprint density at radius 3 is 2.53 bits per heavy atom. The molecule has 2 aromatic heterocycles. The van der Waals surface area contributed by atoms with Crippen molar-refractivity contribution in [2.75, 3.05) is 0 Å². The molecule has 1 fully saturated rings. The van der Waals surface area contributed by atoms with Crippen LogP contribution in [0.1, 0.15) is 65.3 Å². The molecule has 8 nitrogen and oxygen atoms in total. The molecule has 0 radical (unpaired) electrons. The van der Waals surface area contributed by atoms with Gasteiger partial charge >= 0.3 is 11.9 Å². The minimum Gasteiger partial charge on any atom is -0.454 e. The molecule has 174 valence electrons. The van der Waals surface area contributed by atoms with E-state index in [0.29, 0.717) is 11.3 Å². The quantitative estimate of drug-likeness (QED) is 0.596. The lowest BCUT2D eigenvalue weighted by atomic mass is 9.78. The Morgan fingerprint density at radius 1 is 1.06 bits per heavy atom. The summed E-state index contributed by atoms with van der Waals surface area (Å²) in [5.74, 6) is -2.12. The number of Topliss-reactive ketones (excluding diaryl/α,β-unsaturated/α-hetero) is 1. The van der Waals surface area contributed by atoms with Crippen LogP contribution in [0.25, 0.3) is 10.9 Å². The van der Waals surface area contributed by atoms with Crippen LogP contribution >= 0.6 is 0 Å². The number of rotatable bonds is 3. The molecule has 8 heteroatoms. The molecule has 1 aromatic carbocycles. The van der Waals surface area contributed by atoms with E-state index < -0.39 is 30.1 Å². The second-order valence-electron chi connectivity index (χ2n) is 9.33. The van der Waals surface area contributed by atoms with E-state index in [1.807, 2.05) is 31.2 Å². The van der Waals surface area contributed by atoms with Crippen molar-refractivity contribution in [3.63, 3.8) is 0 Å². The molecule has 1 N–H and O–H groups in total. The van der Waals surface area contributed by atoms with Gasteiger partial charge in [-0.15, -0.1) is 0 Å². The van der Waals surface area contributed by atoms with Crippen molar-refractivity contribution in [2.45, 2.75) is 57.3 Å². The number of H-pyrrole nitrogens is 1. The van der Waals surface area contributed by atoms with Crippen molar-refractivity contribution < 1.29 is 23.9 Å². The van der Waals surface area contributed by atoms with Gasteiger partial charge in [0.2, 0.25) is 0 Å². The second-order valence-corrected chi connectivity index (χ2v) is 9.33. The number of aromatic amines is 1. The molecule has 0 spiro atoms. The van der Waals surface area contributed by atoms with Crippen LogP contribution in [-0.2, 0) is 25.5 Å². The Hall–Kier alpha value is -3.68. The van der Waals surface area contributed by atoms with Crippen LogP contribution in [0.4, 0.5) is 0 Å². The van der Waals surface area contributed by atoms with Gasteiger partial charge in [-0.2, -0.15) is 0 Å². The molecule has 34 heavy (non-hydrogen) atoms. The molecule has 2 aliphatic carbocycles. The number of nitrogens with zero attached hydrogens (tertiary/aromatic N) is 2. The Labute approximate surface area is 195 Å². The van der Waals surface area contributed by atoms with Gasteiger partial charge in [0.15, 0.2) is 18.0 Å². The minimum atomic E-state index is -0.943. The van der Waals surface area contributed by atoms with E-state index in [1.165, 1.54) is 0 Å². The molecular weight excluding hydrogens is 434 g/mol. The fraction of sp³-hybridized carbons (Fsp3) is 0.385. The van der Waals surface area contributed by atoms with Gasteiger partial charge in [-0.3, -0.25) is 4.79 Å². The number of ether oxygens (including phenoxy) is 2. The first kappa shape index (κ1) is 20.9. The summed E-state index contributed by atoms with van der Waals surface area (Å²) in [7, 11) is 0. The average Bonchev–Trinajstić information content (AvgIpc) is 3.55. The summed E-state index contributed by atoms with van der Waals surface area (Å²) in [5, 5.41) is 0.844. The van der Waals surface area contributed by atoms with Gasteiger partial charge in [0.25, 0.3) is 0 Å². The number of hydrogen-bond donors (Lipinski definition) is 1. The summed E-state index contributed by atoms with van der Waals surface area (Å²) < 4.78 is 13.9. The number of carbonyl (C=O) groups excluding carboxylic acids is 3. The predicted molar refractivity (Wildman–Crippen MR) is 122 cm³/mol.